The van der Waals surface area contributed by atoms with Gasteiger partial charge in [-0.25, -0.2) is 0 Å². The van der Waals surface area contributed by atoms with E-state index in [0.717, 1.165) is 32.4 Å². The lowest BCUT2D eigenvalue weighted by atomic mass is 9.85. The zero-order valence-electron chi connectivity index (χ0n) is 19.0. The molecule has 0 N–H and O–H groups in total. The number of nitrogens with zero attached hydrogens (tertiary/aromatic N) is 1. The maximum atomic E-state index is 13.2. The van der Waals surface area contributed by atoms with Crippen LogP contribution in [-0.2, 0) is 23.8 Å². The third-order valence-corrected chi connectivity index (χ3v) is 5.92. The molecule has 0 amide bonds. The van der Waals surface area contributed by atoms with Crippen molar-refractivity contribution in [3.63, 3.8) is 0 Å². The molecule has 0 radical (unpaired) electrons. The fourth-order valence-corrected chi connectivity index (χ4v) is 4.26. The Morgan fingerprint density at radius 1 is 0.900 bits per heavy atom. The molecule has 0 saturated carbocycles. The molecule has 0 aromatic heterocycles. The first-order chi connectivity index (χ1) is 14.1. The first-order valence-corrected chi connectivity index (χ1v) is 11.0. The first-order valence-electron chi connectivity index (χ1n) is 11.0. The number of hydrogen-bond donors (Lipinski definition) is 0. The second-order valence-electron chi connectivity index (χ2n) is 7.84. The lowest BCUT2D eigenvalue weighted by Crippen LogP contribution is -2.47. The number of allylic oxidation sites excluding steroid dienone is 2. The molecule has 30 heavy (non-hydrogen) atoms. The fraction of sp³-hybridized carbons (Fsp3) is 0.739. The first kappa shape index (κ1) is 26.7. The molecule has 2 aliphatic rings. The summed E-state index contributed by atoms with van der Waals surface area (Å²) in [5.74, 6) is -0.441. The number of methoxy groups -OCH3 is 2. The van der Waals surface area contributed by atoms with Crippen LogP contribution in [0.5, 0.6) is 0 Å². The summed E-state index contributed by atoms with van der Waals surface area (Å²) >= 11 is 0. The van der Waals surface area contributed by atoms with Gasteiger partial charge in [0, 0.05) is 30.3 Å². The normalized spacial score (nSPS) is 19.1. The monoisotopic (exact) mass is 443 g/mol. The van der Waals surface area contributed by atoms with Crippen LogP contribution in [0.2, 0.25) is 0 Å². The number of ketones is 2. The van der Waals surface area contributed by atoms with Gasteiger partial charge in [0.2, 0.25) is 23.1 Å². The molecule has 0 bridgehead atoms. The quantitative estimate of drug-likeness (QED) is 0.332. The van der Waals surface area contributed by atoms with Crippen LogP contribution in [0.4, 0.5) is 0 Å². The summed E-state index contributed by atoms with van der Waals surface area (Å²) in [6.07, 6.45) is 9.38. The number of rotatable bonds is 12. The van der Waals surface area contributed by atoms with E-state index in [1.165, 1.54) is 46.3 Å². The fourth-order valence-electron chi connectivity index (χ4n) is 4.26. The molecule has 2 rings (SSSR count). The summed E-state index contributed by atoms with van der Waals surface area (Å²) < 4.78 is 16.0. The highest BCUT2D eigenvalue weighted by molar-refractivity contribution is 6.23. The molecule has 1 aliphatic carbocycles. The highest BCUT2D eigenvalue weighted by atomic mass is 35.5. The summed E-state index contributed by atoms with van der Waals surface area (Å²) in [7, 11) is 2.81. The Bertz CT molecular complexity index is 638. The van der Waals surface area contributed by atoms with E-state index in [2.05, 4.69) is 11.8 Å². The largest absolute Gasteiger partial charge is 0.489 e. The molecular formula is C23H38ClNO5. The van der Waals surface area contributed by atoms with Gasteiger partial charge < -0.3 is 14.2 Å². The van der Waals surface area contributed by atoms with E-state index in [1.54, 1.807) is 6.92 Å². The van der Waals surface area contributed by atoms with Gasteiger partial charge in [0.25, 0.3) is 0 Å². The molecule has 1 fully saturated rings. The van der Waals surface area contributed by atoms with E-state index in [-0.39, 0.29) is 41.5 Å². The van der Waals surface area contributed by atoms with Gasteiger partial charge in [0.15, 0.2) is 0 Å². The number of halogens is 1. The van der Waals surface area contributed by atoms with Crippen molar-refractivity contribution in [2.45, 2.75) is 71.3 Å². The number of unbranched alkanes of at least 4 members (excludes halogenated alkanes) is 6. The second kappa shape index (κ2) is 13.8. The van der Waals surface area contributed by atoms with Crippen LogP contribution in [0.3, 0.4) is 0 Å². The molecule has 172 valence electrons. The maximum Gasteiger partial charge on any atom is 0.229 e. The van der Waals surface area contributed by atoms with E-state index >= 15 is 0 Å². The zero-order valence-corrected chi connectivity index (χ0v) is 19.8. The minimum absolute atomic E-state index is 0. The highest BCUT2D eigenvalue weighted by Gasteiger charge is 2.40. The predicted octanol–water partition coefficient (Wildman–Crippen LogP) is 4.22. The summed E-state index contributed by atoms with van der Waals surface area (Å²) in [5, 5.41) is 0. The number of Topliss-reactive ketones (excluding diaryl/α,β-unsaturated/α-hetero) is 2. The van der Waals surface area contributed by atoms with Gasteiger partial charge in [-0.05, 0) is 13.3 Å². The van der Waals surface area contributed by atoms with Gasteiger partial charge in [0.1, 0.15) is 0 Å². The molecule has 0 spiro atoms. The van der Waals surface area contributed by atoms with Crippen molar-refractivity contribution in [1.29, 1.82) is 0 Å². The van der Waals surface area contributed by atoms with Crippen LogP contribution in [0.1, 0.15) is 65.2 Å². The lowest BCUT2D eigenvalue weighted by Gasteiger charge is -2.37. The number of ether oxygens (including phenoxy) is 3. The molecule has 1 atom stereocenters. The van der Waals surface area contributed by atoms with Gasteiger partial charge in [-0.2, -0.15) is 0 Å². The molecule has 1 unspecified atom stereocenters. The van der Waals surface area contributed by atoms with Crippen molar-refractivity contribution in [1.82, 2.24) is 4.90 Å². The molecule has 1 saturated heterocycles. The van der Waals surface area contributed by atoms with Crippen molar-refractivity contribution in [3.05, 3.63) is 22.7 Å². The predicted molar refractivity (Wildman–Crippen MR) is 120 cm³/mol. The molecule has 0 aromatic rings. The Morgan fingerprint density at radius 3 is 2.00 bits per heavy atom. The highest BCUT2D eigenvalue weighted by Crippen LogP contribution is 2.32. The molecule has 6 nitrogen and oxygen atoms in total. The Balaban J connectivity index is 0.00000450. The smallest absolute Gasteiger partial charge is 0.229 e. The van der Waals surface area contributed by atoms with Crippen molar-refractivity contribution in [2.24, 2.45) is 0 Å². The van der Waals surface area contributed by atoms with Crippen LogP contribution < -0.4 is 0 Å². The van der Waals surface area contributed by atoms with Crippen LogP contribution >= 0.6 is 12.4 Å². The van der Waals surface area contributed by atoms with Gasteiger partial charge >= 0.3 is 0 Å². The standard InChI is InChI=1S/C23H37NO5.ClH/c1-5-6-7-8-9-10-11-12-18(24-13-15-29-16-14-24)19-17(2)20(25)22(27-3)23(28-4)21(19)26;/h18H,5-16H2,1-4H3;1H. The van der Waals surface area contributed by atoms with Crippen LogP contribution in [0.15, 0.2) is 22.7 Å². The number of morpholine rings is 1. The summed E-state index contributed by atoms with van der Waals surface area (Å²) in [6.45, 7) is 6.80. The van der Waals surface area contributed by atoms with Crippen LogP contribution in [0.25, 0.3) is 0 Å². The Kier molecular flexibility index (Phi) is 12.3. The average molecular weight is 444 g/mol. The third kappa shape index (κ3) is 6.56. The number of carbonyl (C=O) groups is 2. The number of hydrogen-bond acceptors (Lipinski definition) is 6. The third-order valence-electron chi connectivity index (χ3n) is 5.92. The van der Waals surface area contributed by atoms with E-state index in [0.29, 0.717) is 24.4 Å². The zero-order chi connectivity index (χ0) is 21.2. The molecule has 7 heteroatoms. The lowest BCUT2D eigenvalue weighted by molar-refractivity contribution is -0.121. The van der Waals surface area contributed by atoms with Crippen molar-refractivity contribution >= 4 is 24.0 Å². The Hall–Kier alpha value is -1.37. The van der Waals surface area contributed by atoms with Gasteiger partial charge in [-0.3, -0.25) is 14.5 Å². The van der Waals surface area contributed by atoms with Crippen molar-refractivity contribution in [3.8, 4) is 0 Å². The van der Waals surface area contributed by atoms with E-state index < -0.39 is 0 Å². The molecule has 1 heterocycles. The minimum atomic E-state index is -0.253. The van der Waals surface area contributed by atoms with E-state index in [1.807, 2.05) is 0 Å². The van der Waals surface area contributed by atoms with E-state index in [4.69, 9.17) is 14.2 Å². The SMILES string of the molecule is CCCCCCCCCC(C1=C(C)C(=O)C(OC)=C(OC)C1=O)N1CCOCC1.Cl. The maximum absolute atomic E-state index is 13.2. The summed E-state index contributed by atoms with van der Waals surface area (Å²) in [5.41, 5.74) is 1.05. The van der Waals surface area contributed by atoms with Gasteiger partial charge in [0.05, 0.1) is 27.4 Å². The van der Waals surface area contributed by atoms with E-state index in [9.17, 15) is 9.59 Å². The average Bonchev–Trinajstić information content (AvgIpc) is 2.74. The molecular weight excluding hydrogens is 406 g/mol. The van der Waals surface area contributed by atoms with Crippen molar-refractivity contribution in [2.75, 3.05) is 40.5 Å². The topological polar surface area (TPSA) is 65.1 Å². The Labute approximate surface area is 187 Å². The minimum Gasteiger partial charge on any atom is -0.489 e. The van der Waals surface area contributed by atoms with Crippen LogP contribution in [-0.4, -0.2) is 63.0 Å². The summed E-state index contributed by atoms with van der Waals surface area (Å²) in [6, 6.07) is -0.0884. The second-order valence-corrected chi connectivity index (χ2v) is 7.84. The molecule has 0 aromatic carbocycles. The number of carbonyl (C=O) groups excluding carboxylic acids is 2. The van der Waals surface area contributed by atoms with Crippen LogP contribution in [0, 0.1) is 0 Å². The molecule has 1 aliphatic heterocycles. The van der Waals surface area contributed by atoms with Crippen molar-refractivity contribution < 1.29 is 23.8 Å². The van der Waals surface area contributed by atoms with Gasteiger partial charge in [-0.15, -0.1) is 12.4 Å². The summed E-state index contributed by atoms with van der Waals surface area (Å²) in [4.78, 5) is 28.4. The Morgan fingerprint density at radius 2 is 1.43 bits per heavy atom. The van der Waals surface area contributed by atoms with Gasteiger partial charge in [-0.1, -0.05) is 51.9 Å².